The molecule has 5 rings (SSSR count). The lowest BCUT2D eigenvalue weighted by Crippen LogP contribution is -2.30. The Morgan fingerprint density at radius 1 is 1.09 bits per heavy atom. The minimum absolute atomic E-state index is 0.300. The van der Waals surface area contributed by atoms with Gasteiger partial charge in [0.1, 0.15) is 5.58 Å². The molecule has 0 atom stereocenters. The highest BCUT2D eigenvalue weighted by Gasteiger charge is 2.32. The van der Waals surface area contributed by atoms with E-state index in [0.29, 0.717) is 17.7 Å². The van der Waals surface area contributed by atoms with Crippen LogP contribution in [-0.4, -0.2) is 5.17 Å². The normalized spacial score (nSPS) is 15.3. The van der Waals surface area contributed by atoms with Crippen LogP contribution < -0.4 is 10.5 Å². The first-order valence-electron chi connectivity index (χ1n) is 6.99. The number of hydrogen-bond acceptors (Lipinski definition) is 5. The fourth-order valence-electron chi connectivity index (χ4n) is 2.95. The summed E-state index contributed by atoms with van der Waals surface area (Å²) >= 11 is 1.64. The molecule has 5 heteroatoms. The highest BCUT2D eigenvalue weighted by Crippen LogP contribution is 2.45. The summed E-state index contributed by atoms with van der Waals surface area (Å²) in [5.41, 5.74) is 2.76. The van der Waals surface area contributed by atoms with Crippen molar-refractivity contribution >= 4 is 39.3 Å². The molecule has 3 heterocycles. The van der Waals surface area contributed by atoms with E-state index >= 15 is 0 Å². The lowest BCUT2D eigenvalue weighted by molar-refractivity contribution is 0.550. The van der Waals surface area contributed by atoms with Crippen LogP contribution in [-0.2, 0) is 6.54 Å². The third-order valence-electron chi connectivity index (χ3n) is 3.99. The first kappa shape index (κ1) is 12.1. The number of amidine groups is 1. The maximum atomic E-state index is 12.3. The average Bonchev–Trinajstić information content (AvgIpc) is 2.91. The fourth-order valence-corrected chi connectivity index (χ4v) is 3.99. The van der Waals surface area contributed by atoms with Crippen LogP contribution in [0, 0.1) is 0 Å². The highest BCUT2D eigenvalue weighted by atomic mass is 32.2. The summed E-state index contributed by atoms with van der Waals surface area (Å²) in [6.07, 6.45) is 0. The number of nitrogens with zero attached hydrogens (tertiary/aromatic N) is 2. The summed E-state index contributed by atoms with van der Waals surface area (Å²) in [4.78, 5) is 20.3. The minimum Gasteiger partial charge on any atom is -0.422 e. The zero-order valence-corrected chi connectivity index (χ0v) is 12.3. The predicted molar refractivity (Wildman–Crippen MR) is 88.1 cm³/mol. The Morgan fingerprint density at radius 3 is 2.86 bits per heavy atom. The molecule has 0 saturated carbocycles. The van der Waals surface area contributed by atoms with Crippen molar-refractivity contribution in [1.29, 1.82) is 0 Å². The monoisotopic (exact) mass is 306 g/mol. The van der Waals surface area contributed by atoms with Crippen molar-refractivity contribution in [2.75, 3.05) is 4.90 Å². The molecule has 2 aliphatic rings. The van der Waals surface area contributed by atoms with E-state index in [1.807, 2.05) is 30.3 Å². The van der Waals surface area contributed by atoms with Crippen LogP contribution in [0.4, 0.5) is 11.4 Å². The predicted octanol–water partition coefficient (Wildman–Crippen LogP) is 3.91. The van der Waals surface area contributed by atoms with Gasteiger partial charge in [-0.3, -0.25) is 0 Å². The Balaban J connectivity index is 1.80. The number of thioether (sulfide) groups is 1. The SMILES string of the molecule is O=c1oc2ccccc2c2c1CN1C(=N2)Sc2ccccc21. The Labute approximate surface area is 130 Å². The zero-order chi connectivity index (χ0) is 14.7. The van der Waals surface area contributed by atoms with Crippen molar-refractivity contribution in [3.63, 3.8) is 0 Å². The Bertz CT molecular complexity index is 1020. The number of benzene rings is 2. The molecule has 0 radical (unpaired) electrons. The van der Waals surface area contributed by atoms with Gasteiger partial charge in [0, 0.05) is 10.3 Å². The molecule has 0 bridgehead atoms. The molecule has 2 aliphatic heterocycles. The van der Waals surface area contributed by atoms with Crippen molar-refractivity contribution in [3.05, 3.63) is 64.5 Å². The van der Waals surface area contributed by atoms with Crippen LogP contribution >= 0.6 is 11.8 Å². The molecule has 22 heavy (non-hydrogen) atoms. The smallest absolute Gasteiger partial charge is 0.343 e. The third-order valence-corrected chi connectivity index (χ3v) is 5.05. The molecule has 0 amide bonds. The van der Waals surface area contributed by atoms with Gasteiger partial charge in [-0.05, 0) is 36.0 Å². The van der Waals surface area contributed by atoms with Gasteiger partial charge in [-0.15, -0.1) is 0 Å². The van der Waals surface area contributed by atoms with E-state index in [-0.39, 0.29) is 5.63 Å². The molecule has 0 fully saturated rings. The summed E-state index contributed by atoms with van der Waals surface area (Å²) in [6.45, 7) is 0.505. The van der Waals surface area contributed by atoms with E-state index in [1.165, 1.54) is 4.90 Å². The molecule has 3 aromatic rings. The van der Waals surface area contributed by atoms with Gasteiger partial charge in [0.25, 0.3) is 0 Å². The molecule has 0 unspecified atom stereocenters. The van der Waals surface area contributed by atoms with Gasteiger partial charge in [-0.2, -0.15) is 0 Å². The number of anilines is 1. The second-order valence-corrected chi connectivity index (χ2v) is 6.27. The van der Waals surface area contributed by atoms with Gasteiger partial charge >= 0.3 is 5.63 Å². The summed E-state index contributed by atoms with van der Waals surface area (Å²) in [7, 11) is 0. The van der Waals surface area contributed by atoms with Gasteiger partial charge in [0.15, 0.2) is 5.17 Å². The van der Waals surface area contributed by atoms with E-state index in [0.717, 1.165) is 21.9 Å². The molecule has 0 saturated heterocycles. The molecule has 4 nitrogen and oxygen atoms in total. The number of rotatable bonds is 0. The van der Waals surface area contributed by atoms with Gasteiger partial charge < -0.3 is 9.32 Å². The van der Waals surface area contributed by atoms with Crippen LogP contribution in [0.25, 0.3) is 11.0 Å². The summed E-state index contributed by atoms with van der Waals surface area (Å²) in [5.74, 6) is 0. The second-order valence-electron chi connectivity index (χ2n) is 5.26. The summed E-state index contributed by atoms with van der Waals surface area (Å²) < 4.78 is 5.44. The maximum absolute atomic E-state index is 12.3. The maximum Gasteiger partial charge on any atom is 0.343 e. The summed E-state index contributed by atoms with van der Waals surface area (Å²) in [5, 5.41) is 1.81. The molecular weight excluding hydrogens is 296 g/mol. The summed E-state index contributed by atoms with van der Waals surface area (Å²) in [6, 6.07) is 15.7. The van der Waals surface area contributed by atoms with Gasteiger partial charge in [-0.25, -0.2) is 9.79 Å². The number of fused-ring (bicyclic) bond motifs is 6. The molecule has 106 valence electrons. The Kier molecular flexibility index (Phi) is 2.32. The molecule has 0 N–H and O–H groups in total. The molecule has 0 aliphatic carbocycles. The van der Waals surface area contributed by atoms with Crippen molar-refractivity contribution in [1.82, 2.24) is 0 Å². The number of hydrogen-bond donors (Lipinski definition) is 0. The van der Waals surface area contributed by atoms with E-state index in [9.17, 15) is 4.79 Å². The molecular formula is C17H10N2O2S. The number of aliphatic imine (C=N–C) groups is 1. The second kappa shape index (κ2) is 4.24. The van der Waals surface area contributed by atoms with Crippen LogP contribution in [0.5, 0.6) is 0 Å². The quantitative estimate of drug-likeness (QED) is 0.591. The first-order chi connectivity index (χ1) is 10.8. The van der Waals surface area contributed by atoms with Crippen LogP contribution in [0.3, 0.4) is 0 Å². The average molecular weight is 306 g/mol. The van der Waals surface area contributed by atoms with Crippen molar-refractivity contribution in [2.24, 2.45) is 4.99 Å². The Morgan fingerprint density at radius 2 is 1.91 bits per heavy atom. The molecule has 1 aromatic heterocycles. The van der Waals surface area contributed by atoms with E-state index < -0.39 is 0 Å². The van der Waals surface area contributed by atoms with Crippen molar-refractivity contribution in [2.45, 2.75) is 11.4 Å². The van der Waals surface area contributed by atoms with Crippen LogP contribution in [0.1, 0.15) is 5.56 Å². The first-order valence-corrected chi connectivity index (χ1v) is 7.81. The van der Waals surface area contributed by atoms with Gasteiger partial charge in [-0.1, -0.05) is 24.3 Å². The lowest BCUT2D eigenvalue weighted by Gasteiger charge is -2.24. The lowest BCUT2D eigenvalue weighted by atomic mass is 10.1. The molecule has 2 aromatic carbocycles. The molecule has 0 spiro atoms. The topological polar surface area (TPSA) is 45.8 Å². The van der Waals surface area contributed by atoms with Crippen LogP contribution in [0.15, 0.2) is 67.6 Å². The zero-order valence-electron chi connectivity index (χ0n) is 11.4. The van der Waals surface area contributed by atoms with Crippen LogP contribution in [0.2, 0.25) is 0 Å². The van der Waals surface area contributed by atoms with E-state index in [1.54, 1.807) is 17.8 Å². The fraction of sp³-hybridized carbons (Fsp3) is 0.0588. The number of para-hydroxylation sites is 2. The largest absolute Gasteiger partial charge is 0.422 e. The van der Waals surface area contributed by atoms with Crippen molar-refractivity contribution in [3.8, 4) is 0 Å². The van der Waals surface area contributed by atoms with Crippen molar-refractivity contribution < 1.29 is 4.42 Å². The Hall–Kier alpha value is -2.53. The van der Waals surface area contributed by atoms with Gasteiger partial charge in [0.2, 0.25) is 0 Å². The van der Waals surface area contributed by atoms with E-state index in [4.69, 9.17) is 9.41 Å². The van der Waals surface area contributed by atoms with Gasteiger partial charge in [0.05, 0.1) is 23.5 Å². The minimum atomic E-state index is -0.300. The highest BCUT2D eigenvalue weighted by molar-refractivity contribution is 8.14. The third kappa shape index (κ3) is 1.54. The van der Waals surface area contributed by atoms with E-state index in [2.05, 4.69) is 17.0 Å². The standard InChI is InChI=1S/C17H10N2O2S/c20-16-11-9-19-12-6-2-4-8-14(12)22-17(19)18-15(11)10-5-1-3-7-13(10)21-16/h1-8H,9H2.